The van der Waals surface area contributed by atoms with E-state index in [0.717, 1.165) is 19.6 Å². The van der Waals surface area contributed by atoms with Crippen molar-refractivity contribution in [1.82, 2.24) is 4.90 Å². The summed E-state index contributed by atoms with van der Waals surface area (Å²) in [5, 5.41) is 10.3. The molecule has 0 bridgehead atoms. The summed E-state index contributed by atoms with van der Waals surface area (Å²) >= 11 is 5.93. The minimum atomic E-state index is -0.556. The molecule has 0 radical (unpaired) electrons. The zero-order chi connectivity index (χ0) is 13.5. The van der Waals surface area contributed by atoms with Gasteiger partial charge in [0.25, 0.3) is 0 Å². The first-order chi connectivity index (χ1) is 8.58. The first-order valence-electron chi connectivity index (χ1n) is 6.41. The standard InChI is InChI=1S/C14H21ClFNO/c1-3-17(4-2)9-8-11(18)10-12-13(15)6-5-7-14(12)16/h5-7,11,18H,3-4,8-10H2,1-2H3. The lowest BCUT2D eigenvalue weighted by Gasteiger charge is -2.20. The van der Waals surface area contributed by atoms with Gasteiger partial charge in [-0.3, -0.25) is 0 Å². The summed E-state index contributed by atoms with van der Waals surface area (Å²) in [5.74, 6) is -0.343. The van der Waals surface area contributed by atoms with Crippen LogP contribution in [0.15, 0.2) is 18.2 Å². The van der Waals surface area contributed by atoms with Crippen LogP contribution in [-0.4, -0.2) is 35.7 Å². The van der Waals surface area contributed by atoms with Crippen LogP contribution in [0, 0.1) is 5.82 Å². The molecule has 102 valence electrons. The number of aliphatic hydroxyl groups excluding tert-OH is 1. The Hall–Kier alpha value is -0.640. The lowest BCUT2D eigenvalue weighted by molar-refractivity contribution is 0.143. The van der Waals surface area contributed by atoms with Gasteiger partial charge in [-0.05, 0) is 31.6 Å². The first-order valence-corrected chi connectivity index (χ1v) is 6.79. The smallest absolute Gasteiger partial charge is 0.127 e. The molecule has 0 aromatic heterocycles. The van der Waals surface area contributed by atoms with E-state index in [4.69, 9.17) is 11.6 Å². The van der Waals surface area contributed by atoms with Crippen LogP contribution >= 0.6 is 11.6 Å². The van der Waals surface area contributed by atoms with E-state index in [1.54, 1.807) is 12.1 Å². The predicted molar refractivity (Wildman–Crippen MR) is 73.5 cm³/mol. The molecule has 0 fully saturated rings. The molecule has 18 heavy (non-hydrogen) atoms. The lowest BCUT2D eigenvalue weighted by Crippen LogP contribution is -2.27. The Bertz CT molecular complexity index is 349. The topological polar surface area (TPSA) is 23.5 Å². The van der Waals surface area contributed by atoms with Gasteiger partial charge in [0.15, 0.2) is 0 Å². The number of hydrogen-bond donors (Lipinski definition) is 1. The molecule has 0 aliphatic heterocycles. The molecule has 4 heteroatoms. The molecule has 2 nitrogen and oxygen atoms in total. The SMILES string of the molecule is CCN(CC)CCC(O)Cc1c(F)cccc1Cl. The molecule has 1 rings (SSSR count). The molecule has 0 saturated carbocycles. The molecule has 0 aliphatic rings. The van der Waals surface area contributed by atoms with Crippen LogP contribution in [0.5, 0.6) is 0 Å². The number of nitrogens with zero attached hydrogens (tertiary/aromatic N) is 1. The quantitative estimate of drug-likeness (QED) is 0.825. The van der Waals surface area contributed by atoms with Crippen LogP contribution in [0.25, 0.3) is 0 Å². The van der Waals surface area contributed by atoms with Crippen molar-refractivity contribution in [3.05, 3.63) is 34.6 Å². The van der Waals surface area contributed by atoms with Gasteiger partial charge in [0.1, 0.15) is 5.82 Å². The zero-order valence-electron chi connectivity index (χ0n) is 11.0. The highest BCUT2D eigenvalue weighted by molar-refractivity contribution is 6.31. The summed E-state index contributed by atoms with van der Waals surface area (Å²) in [4.78, 5) is 2.23. The Labute approximate surface area is 113 Å². The van der Waals surface area contributed by atoms with Gasteiger partial charge >= 0.3 is 0 Å². The monoisotopic (exact) mass is 273 g/mol. The van der Waals surface area contributed by atoms with Gasteiger partial charge in [0.2, 0.25) is 0 Å². The van der Waals surface area contributed by atoms with Gasteiger partial charge in [0.05, 0.1) is 6.10 Å². The lowest BCUT2D eigenvalue weighted by atomic mass is 10.0. The largest absolute Gasteiger partial charge is 0.393 e. The maximum absolute atomic E-state index is 13.5. The van der Waals surface area contributed by atoms with Crippen LogP contribution < -0.4 is 0 Å². The van der Waals surface area contributed by atoms with E-state index in [9.17, 15) is 9.50 Å². The number of aliphatic hydroxyl groups is 1. The van der Waals surface area contributed by atoms with E-state index in [1.165, 1.54) is 6.07 Å². The van der Waals surface area contributed by atoms with Gasteiger partial charge in [-0.15, -0.1) is 0 Å². The van der Waals surface area contributed by atoms with Crippen LogP contribution in [0.3, 0.4) is 0 Å². The van der Waals surface area contributed by atoms with Crippen molar-refractivity contribution in [2.24, 2.45) is 0 Å². The molecule has 1 N–H and O–H groups in total. The number of halogens is 2. The molecule has 1 atom stereocenters. The van der Waals surface area contributed by atoms with Gasteiger partial charge < -0.3 is 10.0 Å². The zero-order valence-corrected chi connectivity index (χ0v) is 11.8. The van der Waals surface area contributed by atoms with Crippen molar-refractivity contribution in [2.45, 2.75) is 32.8 Å². The van der Waals surface area contributed by atoms with E-state index in [1.807, 2.05) is 0 Å². The van der Waals surface area contributed by atoms with Crippen LogP contribution in [0.4, 0.5) is 4.39 Å². The summed E-state index contributed by atoms with van der Waals surface area (Å²) in [6.07, 6.45) is 0.346. The van der Waals surface area contributed by atoms with Crippen LogP contribution in [0.1, 0.15) is 25.8 Å². The Morgan fingerprint density at radius 2 is 2.00 bits per heavy atom. The molecule has 0 heterocycles. The van der Waals surface area contributed by atoms with Gasteiger partial charge in [-0.2, -0.15) is 0 Å². The van der Waals surface area contributed by atoms with E-state index in [2.05, 4.69) is 18.7 Å². The second kappa shape index (κ2) is 7.72. The van der Waals surface area contributed by atoms with E-state index >= 15 is 0 Å². The van der Waals surface area contributed by atoms with E-state index in [-0.39, 0.29) is 12.2 Å². The maximum Gasteiger partial charge on any atom is 0.127 e. The number of hydrogen-bond acceptors (Lipinski definition) is 2. The minimum Gasteiger partial charge on any atom is -0.393 e. The first kappa shape index (κ1) is 15.4. The molecule has 0 amide bonds. The van der Waals surface area contributed by atoms with Crippen molar-refractivity contribution >= 4 is 11.6 Å². The highest BCUT2D eigenvalue weighted by Crippen LogP contribution is 2.21. The minimum absolute atomic E-state index is 0.271. The third-order valence-corrected chi connectivity index (χ3v) is 3.53. The highest BCUT2D eigenvalue weighted by Gasteiger charge is 2.13. The average Bonchev–Trinajstić information content (AvgIpc) is 2.35. The van der Waals surface area contributed by atoms with E-state index < -0.39 is 6.10 Å². The predicted octanol–water partition coefficient (Wildman–Crippen LogP) is 3.11. The fraction of sp³-hybridized carbons (Fsp3) is 0.571. The normalized spacial score (nSPS) is 13.0. The molecular weight excluding hydrogens is 253 g/mol. The van der Waals surface area contributed by atoms with E-state index in [0.29, 0.717) is 17.0 Å². The Balaban J connectivity index is 2.52. The fourth-order valence-corrected chi connectivity index (χ4v) is 2.18. The summed E-state index contributed by atoms with van der Waals surface area (Å²) in [7, 11) is 0. The molecule has 0 spiro atoms. The summed E-state index contributed by atoms with van der Waals surface area (Å²) in [6, 6.07) is 4.60. The molecule has 0 aliphatic carbocycles. The van der Waals surface area contributed by atoms with Crippen LogP contribution in [0.2, 0.25) is 5.02 Å². The summed E-state index contributed by atoms with van der Waals surface area (Å²) in [5.41, 5.74) is 0.409. The van der Waals surface area contributed by atoms with Gasteiger partial charge in [0, 0.05) is 23.6 Å². The Morgan fingerprint density at radius 3 is 2.56 bits per heavy atom. The van der Waals surface area contributed by atoms with Gasteiger partial charge in [-0.25, -0.2) is 4.39 Å². The second-order valence-electron chi connectivity index (χ2n) is 4.37. The maximum atomic E-state index is 13.5. The van der Waals surface area contributed by atoms with Crippen molar-refractivity contribution < 1.29 is 9.50 Å². The van der Waals surface area contributed by atoms with Gasteiger partial charge in [-0.1, -0.05) is 31.5 Å². The molecular formula is C14H21ClFNO. The fourth-order valence-electron chi connectivity index (χ4n) is 1.94. The van der Waals surface area contributed by atoms with Crippen molar-refractivity contribution in [1.29, 1.82) is 0 Å². The molecule has 1 aromatic rings. The van der Waals surface area contributed by atoms with Crippen molar-refractivity contribution in [3.8, 4) is 0 Å². The average molecular weight is 274 g/mol. The number of rotatable bonds is 7. The summed E-state index contributed by atoms with van der Waals surface area (Å²) < 4.78 is 13.5. The van der Waals surface area contributed by atoms with Crippen molar-refractivity contribution in [3.63, 3.8) is 0 Å². The Morgan fingerprint density at radius 1 is 1.33 bits per heavy atom. The second-order valence-corrected chi connectivity index (χ2v) is 4.78. The molecule has 1 aromatic carbocycles. The third kappa shape index (κ3) is 4.56. The summed E-state index contributed by atoms with van der Waals surface area (Å²) in [6.45, 7) is 6.92. The highest BCUT2D eigenvalue weighted by atomic mass is 35.5. The van der Waals surface area contributed by atoms with Crippen molar-refractivity contribution in [2.75, 3.05) is 19.6 Å². The van der Waals surface area contributed by atoms with Crippen LogP contribution in [-0.2, 0) is 6.42 Å². The molecule has 1 unspecified atom stereocenters. The Kier molecular flexibility index (Phi) is 6.61. The molecule has 0 saturated heterocycles. The third-order valence-electron chi connectivity index (χ3n) is 3.17. The number of benzene rings is 1.